The number of hydrogen-bond donors (Lipinski definition) is 1. The second-order valence-corrected chi connectivity index (χ2v) is 5.95. The summed E-state index contributed by atoms with van der Waals surface area (Å²) >= 11 is 0. The van der Waals surface area contributed by atoms with E-state index in [1.807, 2.05) is 12.3 Å². The van der Waals surface area contributed by atoms with Crippen molar-refractivity contribution in [2.75, 3.05) is 7.11 Å². The van der Waals surface area contributed by atoms with Crippen LogP contribution in [0.25, 0.3) is 0 Å². The third-order valence-electron chi connectivity index (χ3n) is 4.32. The van der Waals surface area contributed by atoms with E-state index in [4.69, 9.17) is 4.74 Å². The van der Waals surface area contributed by atoms with Crippen molar-refractivity contribution in [2.45, 2.75) is 52.1 Å². The summed E-state index contributed by atoms with van der Waals surface area (Å²) in [4.78, 5) is 4.23. The molecule has 0 bridgehead atoms. The summed E-state index contributed by atoms with van der Waals surface area (Å²) in [6.07, 6.45) is 7.26. The lowest BCUT2D eigenvalue weighted by molar-refractivity contribution is 0.238. The maximum Gasteiger partial charge on any atom is 0.212 e. The molecule has 1 fully saturated rings. The van der Waals surface area contributed by atoms with Gasteiger partial charge in [-0.3, -0.25) is 0 Å². The van der Waals surface area contributed by atoms with Crippen LogP contribution in [0.5, 0.6) is 5.88 Å². The van der Waals surface area contributed by atoms with Gasteiger partial charge in [0.2, 0.25) is 5.88 Å². The predicted octanol–water partition coefficient (Wildman–Crippen LogP) is 3.39. The molecular formula is C16H26N2O. The van der Waals surface area contributed by atoms with Gasteiger partial charge >= 0.3 is 0 Å². The minimum absolute atomic E-state index is 0.678. The largest absolute Gasteiger partial charge is 0.481 e. The average Bonchev–Trinajstić information content (AvgIpc) is 2.46. The molecule has 0 amide bonds. The topological polar surface area (TPSA) is 34.1 Å². The fourth-order valence-electron chi connectivity index (χ4n) is 2.89. The summed E-state index contributed by atoms with van der Waals surface area (Å²) in [5.41, 5.74) is 1.23. The summed E-state index contributed by atoms with van der Waals surface area (Å²) in [6, 6.07) is 4.68. The van der Waals surface area contributed by atoms with Crippen molar-refractivity contribution in [3.05, 3.63) is 23.9 Å². The van der Waals surface area contributed by atoms with E-state index in [2.05, 4.69) is 30.2 Å². The van der Waals surface area contributed by atoms with Crippen molar-refractivity contribution in [3.63, 3.8) is 0 Å². The first-order chi connectivity index (χ1) is 9.19. The van der Waals surface area contributed by atoms with E-state index in [0.29, 0.717) is 11.9 Å². The summed E-state index contributed by atoms with van der Waals surface area (Å²) in [7, 11) is 1.65. The van der Waals surface area contributed by atoms with Crippen LogP contribution >= 0.6 is 0 Å². The van der Waals surface area contributed by atoms with Crippen LogP contribution in [-0.2, 0) is 6.54 Å². The van der Waals surface area contributed by atoms with Gasteiger partial charge in [-0.05, 0) is 43.1 Å². The molecule has 1 N–H and O–H groups in total. The van der Waals surface area contributed by atoms with E-state index in [1.54, 1.807) is 7.11 Å². The second-order valence-electron chi connectivity index (χ2n) is 5.95. The van der Waals surface area contributed by atoms with Crippen molar-refractivity contribution >= 4 is 0 Å². The zero-order valence-electron chi connectivity index (χ0n) is 12.4. The van der Waals surface area contributed by atoms with Gasteiger partial charge < -0.3 is 10.1 Å². The lowest BCUT2D eigenvalue weighted by Crippen LogP contribution is -2.33. The number of rotatable bonds is 5. The monoisotopic (exact) mass is 262 g/mol. The Balaban J connectivity index is 1.74. The van der Waals surface area contributed by atoms with E-state index in [-0.39, 0.29) is 0 Å². The number of ether oxygens (including phenoxy) is 1. The Morgan fingerprint density at radius 2 is 2.00 bits per heavy atom. The van der Waals surface area contributed by atoms with E-state index < -0.39 is 0 Å². The van der Waals surface area contributed by atoms with Crippen LogP contribution in [0, 0.1) is 11.8 Å². The first-order valence-corrected chi connectivity index (χ1v) is 7.41. The smallest absolute Gasteiger partial charge is 0.212 e. The molecule has 1 aromatic heterocycles. The molecule has 1 aromatic rings. The van der Waals surface area contributed by atoms with Gasteiger partial charge in [0.25, 0.3) is 0 Å². The third-order valence-corrected chi connectivity index (χ3v) is 4.32. The Kier molecular flexibility index (Phi) is 5.20. The maximum absolute atomic E-state index is 5.07. The molecule has 0 atom stereocenters. The summed E-state index contributed by atoms with van der Waals surface area (Å²) in [5.74, 6) is 2.45. The zero-order valence-corrected chi connectivity index (χ0v) is 12.4. The molecule has 1 aliphatic carbocycles. The molecule has 0 aliphatic heterocycles. The van der Waals surface area contributed by atoms with Crippen molar-refractivity contribution in [1.82, 2.24) is 10.3 Å². The van der Waals surface area contributed by atoms with Gasteiger partial charge in [-0.1, -0.05) is 19.9 Å². The Morgan fingerprint density at radius 3 is 2.53 bits per heavy atom. The molecular weight excluding hydrogens is 236 g/mol. The first kappa shape index (κ1) is 14.3. The van der Waals surface area contributed by atoms with E-state index in [9.17, 15) is 0 Å². The van der Waals surface area contributed by atoms with Crippen LogP contribution in [0.15, 0.2) is 18.3 Å². The Bertz CT molecular complexity index is 367. The molecule has 0 radical (unpaired) electrons. The second kappa shape index (κ2) is 6.90. The average molecular weight is 262 g/mol. The number of pyridine rings is 1. The number of hydrogen-bond acceptors (Lipinski definition) is 3. The molecule has 0 aromatic carbocycles. The number of aromatic nitrogens is 1. The molecule has 0 spiro atoms. The maximum atomic E-state index is 5.07. The number of nitrogens with one attached hydrogen (secondary N) is 1. The molecule has 3 nitrogen and oxygen atoms in total. The fraction of sp³-hybridized carbons (Fsp3) is 0.688. The number of nitrogens with zero attached hydrogens (tertiary/aromatic N) is 1. The highest BCUT2D eigenvalue weighted by molar-refractivity contribution is 5.17. The van der Waals surface area contributed by atoms with Crippen LogP contribution in [0.4, 0.5) is 0 Å². The van der Waals surface area contributed by atoms with Crippen molar-refractivity contribution in [3.8, 4) is 5.88 Å². The molecule has 106 valence electrons. The van der Waals surface area contributed by atoms with Gasteiger partial charge in [0, 0.05) is 24.8 Å². The molecule has 2 rings (SSSR count). The standard InChI is InChI=1S/C16H26N2O/c1-12(2)14-5-7-15(8-6-14)17-10-13-4-9-16(19-3)18-11-13/h4,9,11-12,14-15,17H,5-8,10H2,1-3H3. The van der Waals surface area contributed by atoms with Crippen molar-refractivity contribution in [1.29, 1.82) is 0 Å². The highest BCUT2D eigenvalue weighted by atomic mass is 16.5. The zero-order chi connectivity index (χ0) is 13.7. The van der Waals surface area contributed by atoms with Crippen molar-refractivity contribution < 1.29 is 4.74 Å². The Hall–Kier alpha value is -1.09. The van der Waals surface area contributed by atoms with Gasteiger partial charge in [-0.15, -0.1) is 0 Å². The van der Waals surface area contributed by atoms with Gasteiger partial charge in [-0.2, -0.15) is 0 Å². The van der Waals surface area contributed by atoms with Crippen LogP contribution in [0.1, 0.15) is 45.1 Å². The molecule has 0 unspecified atom stereocenters. The van der Waals surface area contributed by atoms with Gasteiger partial charge in [0.05, 0.1) is 7.11 Å². The quantitative estimate of drug-likeness (QED) is 0.883. The Labute approximate surface area is 116 Å². The molecule has 0 saturated heterocycles. The molecule has 19 heavy (non-hydrogen) atoms. The van der Waals surface area contributed by atoms with E-state index in [1.165, 1.54) is 31.2 Å². The van der Waals surface area contributed by atoms with Gasteiger partial charge in [0.15, 0.2) is 0 Å². The number of methoxy groups -OCH3 is 1. The minimum Gasteiger partial charge on any atom is -0.481 e. The summed E-state index contributed by atoms with van der Waals surface area (Å²) in [5, 5.41) is 3.65. The fourth-order valence-corrected chi connectivity index (χ4v) is 2.89. The highest BCUT2D eigenvalue weighted by Gasteiger charge is 2.22. The summed E-state index contributed by atoms with van der Waals surface area (Å²) < 4.78 is 5.07. The SMILES string of the molecule is COc1ccc(CNC2CCC(C(C)C)CC2)cn1. The molecule has 1 aliphatic rings. The Morgan fingerprint density at radius 1 is 1.26 bits per heavy atom. The van der Waals surface area contributed by atoms with Crippen molar-refractivity contribution in [2.24, 2.45) is 11.8 Å². The normalized spacial score (nSPS) is 23.6. The molecule has 1 saturated carbocycles. The van der Waals surface area contributed by atoms with Gasteiger partial charge in [0.1, 0.15) is 0 Å². The predicted molar refractivity (Wildman–Crippen MR) is 78.2 cm³/mol. The minimum atomic E-state index is 0.678. The van der Waals surface area contributed by atoms with E-state index >= 15 is 0 Å². The first-order valence-electron chi connectivity index (χ1n) is 7.41. The van der Waals surface area contributed by atoms with Crippen LogP contribution in [-0.4, -0.2) is 18.1 Å². The van der Waals surface area contributed by atoms with Crippen LogP contribution in [0.3, 0.4) is 0 Å². The van der Waals surface area contributed by atoms with Crippen LogP contribution in [0.2, 0.25) is 0 Å². The molecule has 3 heteroatoms. The molecule has 1 heterocycles. The highest BCUT2D eigenvalue weighted by Crippen LogP contribution is 2.29. The third kappa shape index (κ3) is 4.20. The lowest BCUT2D eigenvalue weighted by atomic mass is 9.80. The van der Waals surface area contributed by atoms with Crippen LogP contribution < -0.4 is 10.1 Å². The summed E-state index contributed by atoms with van der Waals surface area (Å²) in [6.45, 7) is 5.61. The lowest BCUT2D eigenvalue weighted by Gasteiger charge is -2.31. The van der Waals surface area contributed by atoms with E-state index in [0.717, 1.165) is 18.4 Å². The van der Waals surface area contributed by atoms with Gasteiger partial charge in [-0.25, -0.2) is 4.98 Å².